The number of methoxy groups -OCH3 is 1. The first-order valence-corrected chi connectivity index (χ1v) is 7.55. The highest BCUT2D eigenvalue weighted by Crippen LogP contribution is 2.35. The lowest BCUT2D eigenvalue weighted by Gasteiger charge is -2.29. The minimum Gasteiger partial charge on any atom is -0.491 e. The van der Waals surface area contributed by atoms with Gasteiger partial charge in [0.15, 0.2) is 11.6 Å². The van der Waals surface area contributed by atoms with E-state index in [2.05, 4.69) is 20.4 Å². The van der Waals surface area contributed by atoms with Gasteiger partial charge < -0.3 is 10.1 Å². The molecule has 1 aliphatic rings. The van der Waals surface area contributed by atoms with Crippen LogP contribution in [0.25, 0.3) is 5.95 Å². The first-order chi connectivity index (χ1) is 11.0. The Morgan fingerprint density at radius 3 is 2.70 bits per heavy atom. The predicted molar refractivity (Wildman–Crippen MR) is 81.3 cm³/mol. The van der Waals surface area contributed by atoms with Gasteiger partial charge in [-0.3, -0.25) is 0 Å². The van der Waals surface area contributed by atoms with Crippen molar-refractivity contribution in [1.29, 1.82) is 0 Å². The SMILES string of the molecule is COc1cnc(-n2ccc(C)n2)nc1NC1CCC(F)(F)CC1. The topological polar surface area (TPSA) is 64.9 Å². The van der Waals surface area contributed by atoms with Crippen molar-refractivity contribution in [3.05, 3.63) is 24.2 Å². The highest BCUT2D eigenvalue weighted by molar-refractivity contribution is 5.50. The van der Waals surface area contributed by atoms with Crippen LogP contribution in [0.3, 0.4) is 0 Å². The van der Waals surface area contributed by atoms with Crippen molar-refractivity contribution < 1.29 is 13.5 Å². The number of nitrogens with one attached hydrogen (secondary N) is 1. The smallest absolute Gasteiger partial charge is 0.252 e. The van der Waals surface area contributed by atoms with E-state index in [0.717, 1.165) is 5.69 Å². The molecular formula is C15H19F2N5O. The molecule has 0 aromatic carbocycles. The van der Waals surface area contributed by atoms with Crippen molar-refractivity contribution in [2.45, 2.75) is 44.6 Å². The maximum Gasteiger partial charge on any atom is 0.252 e. The summed E-state index contributed by atoms with van der Waals surface area (Å²) < 4.78 is 33.3. The summed E-state index contributed by atoms with van der Waals surface area (Å²) in [7, 11) is 1.52. The maximum absolute atomic E-state index is 13.3. The molecule has 3 rings (SSSR count). The molecule has 2 heterocycles. The summed E-state index contributed by atoms with van der Waals surface area (Å²) in [4.78, 5) is 8.64. The van der Waals surface area contributed by atoms with Gasteiger partial charge in [-0.05, 0) is 25.8 Å². The standard InChI is InChI=1S/C15H19F2N5O/c1-10-5-8-22(21-10)14-18-9-12(23-2)13(20-14)19-11-3-6-15(16,17)7-4-11/h5,8-9,11H,3-4,6-7H2,1-2H3,(H,18,19,20). The van der Waals surface area contributed by atoms with Crippen LogP contribution < -0.4 is 10.1 Å². The van der Waals surface area contributed by atoms with Crippen molar-refractivity contribution in [1.82, 2.24) is 19.7 Å². The zero-order valence-electron chi connectivity index (χ0n) is 13.1. The number of anilines is 1. The molecule has 6 nitrogen and oxygen atoms in total. The molecule has 2 aromatic rings. The van der Waals surface area contributed by atoms with Gasteiger partial charge in [-0.25, -0.2) is 18.4 Å². The number of hydrogen-bond acceptors (Lipinski definition) is 5. The second kappa shape index (κ2) is 6.10. The van der Waals surface area contributed by atoms with Crippen LogP contribution in [0.15, 0.2) is 18.5 Å². The van der Waals surface area contributed by atoms with Crippen LogP contribution in [-0.2, 0) is 0 Å². The van der Waals surface area contributed by atoms with Gasteiger partial charge in [-0.2, -0.15) is 10.1 Å². The lowest BCUT2D eigenvalue weighted by Crippen LogP contribution is -2.32. The van der Waals surface area contributed by atoms with E-state index in [1.165, 1.54) is 7.11 Å². The van der Waals surface area contributed by atoms with Gasteiger partial charge in [-0.15, -0.1) is 0 Å². The molecule has 0 amide bonds. The summed E-state index contributed by atoms with van der Waals surface area (Å²) in [6.45, 7) is 1.88. The van der Waals surface area contributed by atoms with Gasteiger partial charge in [-0.1, -0.05) is 0 Å². The summed E-state index contributed by atoms with van der Waals surface area (Å²) in [5.41, 5.74) is 0.855. The molecular weight excluding hydrogens is 304 g/mol. The van der Waals surface area contributed by atoms with Crippen LogP contribution in [0.4, 0.5) is 14.6 Å². The Bertz CT molecular complexity index is 678. The molecule has 0 radical (unpaired) electrons. The lowest BCUT2D eigenvalue weighted by molar-refractivity contribution is -0.0361. The van der Waals surface area contributed by atoms with Crippen molar-refractivity contribution in [3.8, 4) is 11.7 Å². The molecule has 0 aliphatic heterocycles. The average Bonchev–Trinajstić information content (AvgIpc) is 2.96. The predicted octanol–water partition coefficient (Wildman–Crippen LogP) is 2.97. The highest BCUT2D eigenvalue weighted by Gasteiger charge is 2.35. The third-order valence-electron chi connectivity index (χ3n) is 3.95. The van der Waals surface area contributed by atoms with E-state index < -0.39 is 5.92 Å². The summed E-state index contributed by atoms with van der Waals surface area (Å²) in [5, 5.41) is 7.47. The molecule has 23 heavy (non-hydrogen) atoms. The molecule has 1 fully saturated rings. The number of alkyl halides is 2. The minimum absolute atomic E-state index is 0.0503. The maximum atomic E-state index is 13.3. The Morgan fingerprint density at radius 2 is 2.09 bits per heavy atom. The minimum atomic E-state index is -2.55. The number of aromatic nitrogens is 4. The molecule has 1 saturated carbocycles. The van der Waals surface area contributed by atoms with Crippen LogP contribution in [0.5, 0.6) is 5.75 Å². The number of halogens is 2. The quantitative estimate of drug-likeness (QED) is 0.937. The second-order valence-corrected chi connectivity index (χ2v) is 5.76. The zero-order chi connectivity index (χ0) is 16.4. The number of rotatable bonds is 4. The third-order valence-corrected chi connectivity index (χ3v) is 3.95. The van der Waals surface area contributed by atoms with Crippen molar-refractivity contribution in [3.63, 3.8) is 0 Å². The van der Waals surface area contributed by atoms with Crippen LogP contribution in [0.2, 0.25) is 0 Å². The molecule has 0 atom stereocenters. The monoisotopic (exact) mass is 323 g/mol. The van der Waals surface area contributed by atoms with E-state index in [-0.39, 0.29) is 18.9 Å². The van der Waals surface area contributed by atoms with Crippen LogP contribution in [0.1, 0.15) is 31.4 Å². The van der Waals surface area contributed by atoms with Gasteiger partial charge in [0.2, 0.25) is 5.92 Å². The third kappa shape index (κ3) is 3.57. The number of nitrogens with zero attached hydrogens (tertiary/aromatic N) is 4. The average molecular weight is 323 g/mol. The normalized spacial score (nSPS) is 17.9. The van der Waals surface area contributed by atoms with E-state index in [9.17, 15) is 8.78 Å². The zero-order valence-corrected chi connectivity index (χ0v) is 13.1. The first kappa shape index (κ1) is 15.6. The number of ether oxygens (including phenoxy) is 1. The Hall–Kier alpha value is -2.25. The summed E-state index contributed by atoms with van der Waals surface area (Å²) in [6.07, 6.45) is 3.90. The van der Waals surface area contributed by atoms with Crippen LogP contribution >= 0.6 is 0 Å². The van der Waals surface area contributed by atoms with Crippen LogP contribution in [0, 0.1) is 6.92 Å². The number of hydrogen-bond donors (Lipinski definition) is 1. The van der Waals surface area contributed by atoms with E-state index in [0.29, 0.717) is 30.4 Å². The molecule has 2 aromatic heterocycles. The Kier molecular flexibility index (Phi) is 4.14. The molecule has 1 N–H and O–H groups in total. The number of aryl methyl sites for hydroxylation is 1. The Labute approximate surface area is 132 Å². The summed E-state index contributed by atoms with van der Waals surface area (Å²) in [5.74, 6) is -1.16. The molecule has 0 spiro atoms. The van der Waals surface area contributed by atoms with Gasteiger partial charge in [0.05, 0.1) is 19.0 Å². The fourth-order valence-electron chi connectivity index (χ4n) is 2.63. The van der Waals surface area contributed by atoms with E-state index in [1.807, 2.05) is 13.0 Å². The fourth-order valence-corrected chi connectivity index (χ4v) is 2.63. The van der Waals surface area contributed by atoms with Gasteiger partial charge in [0, 0.05) is 25.1 Å². The van der Waals surface area contributed by atoms with E-state index >= 15 is 0 Å². The molecule has 0 saturated heterocycles. The van der Waals surface area contributed by atoms with Gasteiger partial charge >= 0.3 is 0 Å². The van der Waals surface area contributed by atoms with E-state index in [1.54, 1.807) is 17.1 Å². The molecule has 0 bridgehead atoms. The van der Waals surface area contributed by atoms with Gasteiger partial charge in [0.1, 0.15) is 0 Å². The van der Waals surface area contributed by atoms with Crippen molar-refractivity contribution in [2.75, 3.05) is 12.4 Å². The Morgan fingerprint density at radius 1 is 1.35 bits per heavy atom. The van der Waals surface area contributed by atoms with Crippen LogP contribution in [-0.4, -0.2) is 38.8 Å². The molecule has 0 unspecified atom stereocenters. The van der Waals surface area contributed by atoms with Crippen molar-refractivity contribution in [2.24, 2.45) is 0 Å². The summed E-state index contributed by atoms with van der Waals surface area (Å²) >= 11 is 0. The van der Waals surface area contributed by atoms with Gasteiger partial charge in [0.25, 0.3) is 5.95 Å². The van der Waals surface area contributed by atoms with E-state index in [4.69, 9.17) is 4.74 Å². The lowest BCUT2D eigenvalue weighted by atomic mass is 9.92. The second-order valence-electron chi connectivity index (χ2n) is 5.76. The van der Waals surface area contributed by atoms with Crippen molar-refractivity contribution >= 4 is 5.82 Å². The summed E-state index contributed by atoms with van der Waals surface area (Å²) in [6, 6.07) is 1.80. The highest BCUT2D eigenvalue weighted by atomic mass is 19.3. The fraction of sp³-hybridized carbons (Fsp3) is 0.533. The largest absolute Gasteiger partial charge is 0.491 e. The molecule has 124 valence electrons. The molecule has 1 aliphatic carbocycles. The molecule has 8 heteroatoms. The Balaban J connectivity index is 1.80. The first-order valence-electron chi connectivity index (χ1n) is 7.55.